The van der Waals surface area contributed by atoms with Crippen LogP contribution in [0, 0.1) is 0 Å². The molecule has 2 amide bonds. The Labute approximate surface area is 466 Å². The molecule has 1 N–H and O–H groups in total. The van der Waals surface area contributed by atoms with Gasteiger partial charge in [0.1, 0.15) is 0 Å². The zero-order valence-electron chi connectivity index (χ0n) is 51.4. The van der Waals surface area contributed by atoms with Crippen LogP contribution >= 0.6 is 0 Å². The van der Waals surface area contributed by atoms with E-state index in [0.29, 0.717) is 11.8 Å². The molecule has 0 fully saturated rings. The molecule has 0 aliphatic rings. The molecule has 6 heteroatoms. The van der Waals surface area contributed by atoms with Gasteiger partial charge in [-0.25, -0.2) is 0 Å². The van der Waals surface area contributed by atoms with Crippen LogP contribution < -0.4 is 0 Å². The van der Waals surface area contributed by atoms with E-state index >= 15 is 0 Å². The van der Waals surface area contributed by atoms with E-state index in [-0.39, 0.29) is 6.61 Å². The fourth-order valence-corrected chi connectivity index (χ4v) is 11.3. The molecule has 74 heavy (non-hydrogen) atoms. The van der Waals surface area contributed by atoms with Crippen LogP contribution in [0.5, 0.6) is 0 Å². The number of rotatable bonds is 64. The summed E-state index contributed by atoms with van der Waals surface area (Å²) in [5.74, 6) is 0.828. The number of hydrogen-bond donors (Lipinski definition) is 1. The van der Waals surface area contributed by atoms with Crippen molar-refractivity contribution in [2.75, 3.05) is 52.4 Å². The van der Waals surface area contributed by atoms with Crippen molar-refractivity contribution in [3.05, 3.63) is 0 Å². The average molecular weight is 1040 g/mol. The molecule has 0 bridgehead atoms. The molecule has 0 aliphatic heterocycles. The van der Waals surface area contributed by atoms with E-state index in [2.05, 4.69) is 42.4 Å². The molecule has 0 aromatic carbocycles. The highest BCUT2D eigenvalue weighted by atomic mass is 16.3. The zero-order chi connectivity index (χ0) is 53.7. The summed E-state index contributed by atoms with van der Waals surface area (Å²) in [7, 11) is 0. The molecule has 0 aromatic rings. The molecule has 0 heterocycles. The number of carbonyl (C=O) groups excluding carboxylic acids is 2. The SMILES string of the molecule is CCCCCCCCCCCCN(CCCCCCCCCCCC)C(=O)CCCCCCCCCN(CCO)CCCCCCCC(=O)N(CCCCCCCCCCCC)CCCCCCCCCCCC. The van der Waals surface area contributed by atoms with Gasteiger partial charge in [-0.1, -0.05) is 310 Å². The molecule has 0 atom stereocenters. The molecule has 0 rings (SSSR count). The highest BCUT2D eigenvalue weighted by molar-refractivity contribution is 5.76. The summed E-state index contributed by atoms with van der Waals surface area (Å²) in [6, 6.07) is 0. The van der Waals surface area contributed by atoms with Crippen LogP contribution in [0.2, 0.25) is 0 Å². The minimum Gasteiger partial charge on any atom is -0.395 e. The maximum atomic E-state index is 13.5. The quantitative estimate of drug-likeness (QED) is 0.0617. The van der Waals surface area contributed by atoms with Gasteiger partial charge in [0.2, 0.25) is 11.8 Å². The molecule has 6 nitrogen and oxygen atoms in total. The summed E-state index contributed by atoms with van der Waals surface area (Å²) in [6.07, 6.45) is 69.6. The van der Waals surface area contributed by atoms with Crippen molar-refractivity contribution < 1.29 is 14.7 Å². The first kappa shape index (κ1) is 72.9. The number of amides is 2. The summed E-state index contributed by atoms with van der Waals surface area (Å²) >= 11 is 0. The van der Waals surface area contributed by atoms with Gasteiger partial charge in [-0.2, -0.15) is 0 Å². The fraction of sp³-hybridized carbons (Fsp3) is 0.971. The van der Waals surface area contributed by atoms with Gasteiger partial charge in [0.05, 0.1) is 6.61 Å². The van der Waals surface area contributed by atoms with Gasteiger partial charge >= 0.3 is 0 Å². The van der Waals surface area contributed by atoms with E-state index in [1.165, 1.54) is 315 Å². The van der Waals surface area contributed by atoms with Gasteiger partial charge in [-0.15, -0.1) is 0 Å². The van der Waals surface area contributed by atoms with Crippen LogP contribution in [-0.2, 0) is 9.59 Å². The Kier molecular flexibility index (Phi) is 61.7. The zero-order valence-corrected chi connectivity index (χ0v) is 51.4. The Morgan fingerprint density at radius 1 is 0.230 bits per heavy atom. The summed E-state index contributed by atoms with van der Waals surface area (Å²) in [5, 5.41) is 9.79. The van der Waals surface area contributed by atoms with Crippen molar-refractivity contribution in [1.82, 2.24) is 14.7 Å². The summed E-state index contributed by atoms with van der Waals surface area (Å²) in [6.45, 7) is 16.2. The number of aliphatic hydroxyl groups excluding tert-OH is 1. The molecule has 0 saturated carbocycles. The van der Waals surface area contributed by atoms with Gasteiger partial charge in [0, 0.05) is 45.6 Å². The first-order valence-electron chi connectivity index (χ1n) is 34.4. The standard InChI is InChI=1S/C68H137N3O3/c1-5-9-13-17-21-25-29-36-45-53-61-70(62-54-46-37-30-26-22-18-14-10-6-2)67(73)57-49-41-34-33-35-43-51-59-69(65-66-72)60-52-44-40-42-50-58-68(74)71(63-55-47-38-31-27-23-19-15-11-7-3)64-56-48-39-32-28-24-20-16-12-8-4/h72H,5-66H2,1-4H3. The number of hydrogen-bond acceptors (Lipinski definition) is 4. The monoisotopic (exact) mass is 1040 g/mol. The Bertz CT molecular complexity index is 1040. The number of nitrogens with zero attached hydrogens (tertiary/aromatic N) is 3. The van der Waals surface area contributed by atoms with E-state index in [1.807, 2.05) is 0 Å². The van der Waals surface area contributed by atoms with Crippen LogP contribution in [0.3, 0.4) is 0 Å². The maximum absolute atomic E-state index is 13.5. The molecular formula is C68H137N3O3. The summed E-state index contributed by atoms with van der Waals surface area (Å²) in [5.41, 5.74) is 0. The number of carbonyl (C=O) groups is 2. The lowest BCUT2D eigenvalue weighted by Crippen LogP contribution is -2.32. The van der Waals surface area contributed by atoms with Crippen LogP contribution in [0.1, 0.15) is 374 Å². The number of unbranched alkanes of at least 4 members (excludes halogenated alkanes) is 46. The van der Waals surface area contributed by atoms with Crippen molar-refractivity contribution in [2.24, 2.45) is 0 Å². The number of aliphatic hydroxyl groups is 1. The highest BCUT2D eigenvalue weighted by Crippen LogP contribution is 2.18. The first-order chi connectivity index (χ1) is 36.5. The molecular weight excluding hydrogens is 907 g/mol. The van der Waals surface area contributed by atoms with Crippen LogP contribution in [0.25, 0.3) is 0 Å². The van der Waals surface area contributed by atoms with Gasteiger partial charge in [-0.05, 0) is 64.5 Å². The third kappa shape index (κ3) is 54.2. The molecule has 442 valence electrons. The minimum absolute atomic E-state index is 0.242. The normalized spacial score (nSPS) is 11.6. The van der Waals surface area contributed by atoms with Crippen molar-refractivity contribution in [2.45, 2.75) is 374 Å². The van der Waals surface area contributed by atoms with E-state index < -0.39 is 0 Å². The molecule has 0 radical (unpaired) electrons. The van der Waals surface area contributed by atoms with Crippen molar-refractivity contribution in [1.29, 1.82) is 0 Å². The van der Waals surface area contributed by atoms with Crippen molar-refractivity contribution in [3.63, 3.8) is 0 Å². The third-order valence-electron chi connectivity index (χ3n) is 16.5. The predicted molar refractivity (Wildman–Crippen MR) is 329 cm³/mol. The molecule has 0 spiro atoms. The van der Waals surface area contributed by atoms with Crippen LogP contribution in [0.4, 0.5) is 0 Å². The second-order valence-corrected chi connectivity index (χ2v) is 23.8. The Morgan fingerprint density at radius 3 is 0.608 bits per heavy atom. The Hall–Kier alpha value is -1.14. The van der Waals surface area contributed by atoms with Crippen LogP contribution in [-0.4, -0.2) is 84.0 Å². The van der Waals surface area contributed by atoms with E-state index in [4.69, 9.17) is 0 Å². The Balaban J connectivity index is 4.41. The maximum Gasteiger partial charge on any atom is 0.222 e. The lowest BCUT2D eigenvalue weighted by Gasteiger charge is -2.23. The van der Waals surface area contributed by atoms with Crippen molar-refractivity contribution >= 4 is 11.8 Å². The minimum atomic E-state index is 0.242. The predicted octanol–water partition coefficient (Wildman–Crippen LogP) is 21.1. The van der Waals surface area contributed by atoms with Gasteiger partial charge in [0.15, 0.2) is 0 Å². The van der Waals surface area contributed by atoms with Gasteiger partial charge in [-0.3, -0.25) is 9.59 Å². The van der Waals surface area contributed by atoms with E-state index in [0.717, 1.165) is 77.9 Å². The third-order valence-corrected chi connectivity index (χ3v) is 16.5. The molecule has 0 unspecified atom stereocenters. The lowest BCUT2D eigenvalue weighted by atomic mass is 10.1. The topological polar surface area (TPSA) is 64.1 Å². The first-order valence-corrected chi connectivity index (χ1v) is 34.4. The fourth-order valence-electron chi connectivity index (χ4n) is 11.3. The second kappa shape index (κ2) is 62.7. The second-order valence-electron chi connectivity index (χ2n) is 23.8. The van der Waals surface area contributed by atoms with Gasteiger partial charge in [0.25, 0.3) is 0 Å². The summed E-state index contributed by atoms with van der Waals surface area (Å²) in [4.78, 5) is 33.9. The summed E-state index contributed by atoms with van der Waals surface area (Å²) < 4.78 is 0. The Morgan fingerprint density at radius 2 is 0.405 bits per heavy atom. The molecule has 0 aromatic heterocycles. The average Bonchev–Trinajstić information content (AvgIpc) is 3.40. The highest BCUT2D eigenvalue weighted by Gasteiger charge is 2.15. The largest absolute Gasteiger partial charge is 0.395 e. The van der Waals surface area contributed by atoms with E-state index in [9.17, 15) is 14.7 Å². The van der Waals surface area contributed by atoms with Crippen LogP contribution in [0.15, 0.2) is 0 Å². The van der Waals surface area contributed by atoms with E-state index in [1.54, 1.807) is 0 Å². The smallest absolute Gasteiger partial charge is 0.222 e. The van der Waals surface area contributed by atoms with Crippen molar-refractivity contribution in [3.8, 4) is 0 Å². The molecule has 0 aliphatic carbocycles. The lowest BCUT2D eigenvalue weighted by molar-refractivity contribution is -0.132. The van der Waals surface area contributed by atoms with Gasteiger partial charge < -0.3 is 19.8 Å². The molecule has 0 saturated heterocycles.